The van der Waals surface area contributed by atoms with Crippen molar-refractivity contribution in [2.24, 2.45) is 0 Å². The maximum atomic E-state index is 2.27. The topological polar surface area (TPSA) is 0 Å². The van der Waals surface area contributed by atoms with Crippen molar-refractivity contribution in [3.05, 3.63) is 71.8 Å². The molecule has 0 atom stereocenters. The second kappa shape index (κ2) is 4.15. The number of rotatable bonds is 0. The highest BCUT2D eigenvalue weighted by Crippen LogP contribution is 2.39. The lowest BCUT2D eigenvalue weighted by molar-refractivity contribution is 1.28. The van der Waals surface area contributed by atoms with Crippen molar-refractivity contribution in [3.63, 3.8) is 0 Å². The third-order valence-electron chi connectivity index (χ3n) is 3.72. The summed E-state index contributed by atoms with van der Waals surface area (Å²) in [6.07, 6.45) is 1.08. The van der Waals surface area contributed by atoms with Crippen molar-refractivity contribution in [1.82, 2.24) is 0 Å². The van der Waals surface area contributed by atoms with E-state index in [0.717, 1.165) is 6.42 Å². The average Bonchev–Trinajstić information content (AvgIpc) is 2.78. The van der Waals surface area contributed by atoms with E-state index in [1.165, 1.54) is 33.0 Å². The molecule has 1 aliphatic rings. The Bertz CT molecular complexity index is 729. The molecule has 3 aromatic carbocycles. The summed E-state index contributed by atoms with van der Waals surface area (Å²) in [7, 11) is 0. The van der Waals surface area contributed by atoms with E-state index >= 15 is 0 Å². The Balaban J connectivity index is 0.000001000. The van der Waals surface area contributed by atoms with Crippen molar-refractivity contribution in [1.29, 1.82) is 0 Å². The van der Waals surface area contributed by atoms with Crippen LogP contribution in [-0.4, -0.2) is 0 Å². The van der Waals surface area contributed by atoms with Gasteiger partial charge in [-0.3, -0.25) is 0 Å². The van der Waals surface area contributed by atoms with Crippen molar-refractivity contribution >= 4 is 23.2 Å². The van der Waals surface area contributed by atoms with Crippen molar-refractivity contribution < 1.29 is 0 Å². The molecule has 88 valence electrons. The Kier molecular flexibility index (Phi) is 2.61. The summed E-state index contributed by atoms with van der Waals surface area (Å²) in [5, 5.41) is 2.75. The van der Waals surface area contributed by atoms with Gasteiger partial charge in [-0.1, -0.05) is 60.7 Å². The van der Waals surface area contributed by atoms with Crippen LogP contribution in [0.5, 0.6) is 0 Å². The van der Waals surface area contributed by atoms with Gasteiger partial charge < -0.3 is 0 Å². The molecule has 0 aliphatic heterocycles. The van der Waals surface area contributed by atoms with Gasteiger partial charge in [0.1, 0.15) is 0 Å². The minimum absolute atomic E-state index is 0. The highest BCUT2D eigenvalue weighted by Gasteiger charge is 2.19. The van der Waals surface area contributed by atoms with E-state index in [-0.39, 0.29) is 12.4 Å². The predicted molar refractivity (Wildman–Crippen MR) is 79.4 cm³/mol. The fourth-order valence-electron chi connectivity index (χ4n) is 2.91. The van der Waals surface area contributed by atoms with E-state index in [0.29, 0.717) is 0 Å². The minimum Gasteiger partial charge on any atom is -0.147 e. The average molecular weight is 253 g/mol. The van der Waals surface area contributed by atoms with Gasteiger partial charge in [0, 0.05) is 0 Å². The standard InChI is InChI=1S/C17H12.ClH/c1-3-7-14-12(5-1)9-10-16-15-8-4-2-6-13(15)11-17(14)16;/h1-10H,11H2;1H. The maximum Gasteiger partial charge on any atom is -0.000729 e. The number of halogens is 1. The van der Waals surface area contributed by atoms with Crippen LogP contribution in [0.3, 0.4) is 0 Å². The highest BCUT2D eigenvalue weighted by molar-refractivity contribution is 5.95. The van der Waals surface area contributed by atoms with E-state index in [4.69, 9.17) is 0 Å². The predicted octanol–water partition coefficient (Wildman–Crippen LogP) is 4.83. The van der Waals surface area contributed by atoms with Gasteiger partial charge >= 0.3 is 0 Å². The zero-order valence-corrected chi connectivity index (χ0v) is 10.7. The molecule has 0 saturated carbocycles. The first-order valence-corrected chi connectivity index (χ1v) is 6.02. The molecule has 3 aromatic rings. The lowest BCUT2D eigenvalue weighted by Gasteiger charge is -2.05. The number of fused-ring (bicyclic) bond motifs is 5. The summed E-state index contributed by atoms with van der Waals surface area (Å²) >= 11 is 0. The molecule has 4 rings (SSSR count). The van der Waals surface area contributed by atoms with Crippen LogP contribution in [-0.2, 0) is 6.42 Å². The van der Waals surface area contributed by atoms with Gasteiger partial charge in [0.25, 0.3) is 0 Å². The SMILES string of the molecule is Cl.c1ccc2c(c1)Cc1c-2ccc2ccccc12. The molecule has 0 N–H and O–H groups in total. The summed E-state index contributed by atoms with van der Waals surface area (Å²) in [5.41, 5.74) is 5.77. The Hall–Kier alpha value is -1.79. The monoisotopic (exact) mass is 252 g/mol. The van der Waals surface area contributed by atoms with Gasteiger partial charge in [-0.15, -0.1) is 12.4 Å². The van der Waals surface area contributed by atoms with Gasteiger partial charge in [-0.25, -0.2) is 0 Å². The molecule has 0 aromatic heterocycles. The van der Waals surface area contributed by atoms with Gasteiger partial charge in [0.15, 0.2) is 0 Å². The Morgan fingerprint density at radius 2 is 1.44 bits per heavy atom. The number of hydrogen-bond acceptors (Lipinski definition) is 0. The molecule has 0 saturated heterocycles. The van der Waals surface area contributed by atoms with Crippen LogP contribution in [0.4, 0.5) is 0 Å². The van der Waals surface area contributed by atoms with E-state index in [1.54, 1.807) is 0 Å². The lowest BCUT2D eigenvalue weighted by atomic mass is 9.99. The molecule has 0 spiro atoms. The molecular formula is C17H13Cl. The molecule has 18 heavy (non-hydrogen) atoms. The second-order valence-corrected chi connectivity index (χ2v) is 4.65. The first kappa shape index (κ1) is 11.3. The summed E-state index contributed by atoms with van der Waals surface area (Å²) in [5.74, 6) is 0. The molecule has 1 heteroatoms. The summed E-state index contributed by atoms with van der Waals surface area (Å²) < 4.78 is 0. The number of benzene rings is 3. The fraction of sp³-hybridized carbons (Fsp3) is 0.0588. The summed E-state index contributed by atoms with van der Waals surface area (Å²) in [4.78, 5) is 0. The van der Waals surface area contributed by atoms with E-state index in [9.17, 15) is 0 Å². The molecule has 0 fully saturated rings. The van der Waals surface area contributed by atoms with Crippen LogP contribution in [0.15, 0.2) is 60.7 Å². The lowest BCUT2D eigenvalue weighted by Crippen LogP contribution is -1.83. The fourth-order valence-corrected chi connectivity index (χ4v) is 2.91. The quantitative estimate of drug-likeness (QED) is 0.420. The van der Waals surface area contributed by atoms with Crippen molar-refractivity contribution in [2.75, 3.05) is 0 Å². The van der Waals surface area contributed by atoms with Crippen molar-refractivity contribution in [2.45, 2.75) is 6.42 Å². The molecule has 0 amide bonds. The Labute approximate surface area is 113 Å². The van der Waals surface area contributed by atoms with Crippen molar-refractivity contribution in [3.8, 4) is 11.1 Å². The molecule has 0 bridgehead atoms. The first-order valence-electron chi connectivity index (χ1n) is 6.02. The molecule has 0 radical (unpaired) electrons. The van der Waals surface area contributed by atoms with E-state index in [1.807, 2.05) is 0 Å². The third kappa shape index (κ3) is 1.46. The second-order valence-electron chi connectivity index (χ2n) is 4.65. The molecule has 0 heterocycles. The first-order chi connectivity index (χ1) is 8.43. The largest absolute Gasteiger partial charge is 0.147 e. The van der Waals surface area contributed by atoms with Crippen LogP contribution < -0.4 is 0 Å². The third-order valence-corrected chi connectivity index (χ3v) is 3.72. The zero-order valence-electron chi connectivity index (χ0n) is 9.89. The van der Waals surface area contributed by atoms with Crippen LogP contribution in [0, 0.1) is 0 Å². The maximum absolute atomic E-state index is 2.27. The van der Waals surface area contributed by atoms with Gasteiger partial charge in [0.05, 0.1) is 0 Å². The molecule has 0 nitrogen and oxygen atoms in total. The summed E-state index contributed by atoms with van der Waals surface area (Å²) in [6, 6.07) is 21.9. The van der Waals surface area contributed by atoms with Crippen LogP contribution in [0.2, 0.25) is 0 Å². The van der Waals surface area contributed by atoms with Crippen LogP contribution >= 0.6 is 12.4 Å². The Morgan fingerprint density at radius 3 is 2.39 bits per heavy atom. The van der Waals surface area contributed by atoms with E-state index in [2.05, 4.69) is 60.7 Å². The Morgan fingerprint density at radius 1 is 0.667 bits per heavy atom. The van der Waals surface area contributed by atoms with Gasteiger partial charge in [-0.2, -0.15) is 0 Å². The smallest absolute Gasteiger partial charge is 0.000729 e. The molecular weight excluding hydrogens is 240 g/mol. The minimum atomic E-state index is 0. The summed E-state index contributed by atoms with van der Waals surface area (Å²) in [6.45, 7) is 0. The molecule has 1 aliphatic carbocycles. The number of hydrogen-bond donors (Lipinski definition) is 0. The highest BCUT2D eigenvalue weighted by atomic mass is 35.5. The van der Waals surface area contributed by atoms with Crippen LogP contribution in [0.25, 0.3) is 21.9 Å². The normalized spacial score (nSPS) is 11.8. The van der Waals surface area contributed by atoms with Crippen LogP contribution in [0.1, 0.15) is 11.1 Å². The van der Waals surface area contributed by atoms with E-state index < -0.39 is 0 Å². The molecule has 0 unspecified atom stereocenters. The zero-order chi connectivity index (χ0) is 11.2. The van der Waals surface area contributed by atoms with Gasteiger partial charge in [-0.05, 0) is 39.4 Å². The van der Waals surface area contributed by atoms with Gasteiger partial charge in [0.2, 0.25) is 0 Å².